The summed E-state index contributed by atoms with van der Waals surface area (Å²) in [5.41, 5.74) is 1.84. The molecule has 0 bridgehead atoms. The number of Topliss-reactive ketones (excluding diaryl/α,β-unsaturated/α-hetero) is 1. The fraction of sp³-hybridized carbons (Fsp3) is 0.579. The van der Waals surface area contributed by atoms with Gasteiger partial charge < -0.3 is 10.2 Å². The van der Waals surface area contributed by atoms with Crippen molar-refractivity contribution in [3.05, 3.63) is 35.4 Å². The zero-order valence-electron chi connectivity index (χ0n) is 14.3. The number of nitrogens with one attached hydrogen (secondary N) is 1. The number of carbonyl (C=O) groups excluding carboxylic acids is 2. The molecule has 1 amide bonds. The summed E-state index contributed by atoms with van der Waals surface area (Å²) >= 11 is 0. The maximum Gasteiger partial charge on any atom is 0.223 e. The Balaban J connectivity index is 1.73. The second-order valence-electron chi connectivity index (χ2n) is 6.42. The highest BCUT2D eigenvalue weighted by Gasteiger charge is 2.22. The predicted octanol–water partition coefficient (Wildman–Crippen LogP) is 2.81. The van der Waals surface area contributed by atoms with Crippen LogP contribution in [0.1, 0.15) is 48.5 Å². The van der Waals surface area contributed by atoms with Crippen molar-refractivity contribution in [2.75, 3.05) is 26.2 Å². The second kappa shape index (κ2) is 8.82. The molecule has 126 valence electrons. The normalized spacial score (nSPS) is 15.7. The van der Waals surface area contributed by atoms with Crippen molar-refractivity contribution in [1.82, 2.24) is 10.2 Å². The van der Waals surface area contributed by atoms with Gasteiger partial charge in [0.25, 0.3) is 0 Å². The van der Waals surface area contributed by atoms with Gasteiger partial charge in [0.15, 0.2) is 5.78 Å². The minimum Gasteiger partial charge on any atom is -0.343 e. The maximum atomic E-state index is 12.3. The first-order chi connectivity index (χ1) is 11.1. The van der Waals surface area contributed by atoms with Crippen LogP contribution in [-0.2, 0) is 4.79 Å². The van der Waals surface area contributed by atoms with E-state index in [-0.39, 0.29) is 11.7 Å². The number of rotatable bonds is 7. The molecule has 0 aromatic heterocycles. The van der Waals surface area contributed by atoms with Crippen LogP contribution in [0.5, 0.6) is 0 Å². The van der Waals surface area contributed by atoms with Crippen LogP contribution in [0.3, 0.4) is 0 Å². The lowest BCUT2D eigenvalue weighted by Gasteiger charge is -2.32. The molecule has 1 saturated heterocycles. The fourth-order valence-corrected chi connectivity index (χ4v) is 3.00. The van der Waals surface area contributed by atoms with Crippen LogP contribution >= 0.6 is 0 Å². The number of hydrogen-bond donors (Lipinski definition) is 1. The first kappa shape index (κ1) is 17.7. The van der Waals surface area contributed by atoms with E-state index in [1.165, 1.54) is 0 Å². The van der Waals surface area contributed by atoms with E-state index < -0.39 is 0 Å². The molecule has 1 aliphatic rings. The number of amides is 1. The van der Waals surface area contributed by atoms with Crippen LogP contribution in [0, 0.1) is 12.8 Å². The van der Waals surface area contributed by atoms with Gasteiger partial charge in [-0.05, 0) is 38.8 Å². The van der Waals surface area contributed by atoms with Gasteiger partial charge in [-0.1, -0.05) is 36.8 Å². The average Bonchev–Trinajstić information content (AvgIpc) is 2.58. The van der Waals surface area contributed by atoms with Crippen molar-refractivity contribution in [1.29, 1.82) is 0 Å². The van der Waals surface area contributed by atoms with Gasteiger partial charge in [0, 0.05) is 31.5 Å². The molecular weight excluding hydrogens is 288 g/mol. The van der Waals surface area contributed by atoms with E-state index in [4.69, 9.17) is 0 Å². The molecule has 4 heteroatoms. The zero-order chi connectivity index (χ0) is 16.7. The first-order valence-corrected chi connectivity index (χ1v) is 8.68. The van der Waals surface area contributed by atoms with Crippen LogP contribution < -0.4 is 5.32 Å². The van der Waals surface area contributed by atoms with Crippen molar-refractivity contribution in [2.45, 2.75) is 39.5 Å². The molecule has 2 rings (SSSR count). The van der Waals surface area contributed by atoms with Crippen molar-refractivity contribution in [3.63, 3.8) is 0 Å². The van der Waals surface area contributed by atoms with E-state index in [0.717, 1.165) is 44.6 Å². The molecule has 1 aromatic rings. The van der Waals surface area contributed by atoms with Crippen LogP contribution in [0.2, 0.25) is 0 Å². The highest BCUT2D eigenvalue weighted by atomic mass is 16.2. The number of benzene rings is 1. The summed E-state index contributed by atoms with van der Waals surface area (Å²) in [6.07, 6.45) is 2.75. The Hall–Kier alpha value is -1.68. The molecule has 0 radical (unpaired) electrons. The van der Waals surface area contributed by atoms with E-state index in [0.29, 0.717) is 24.3 Å². The molecule has 1 heterocycles. The third-order valence-corrected chi connectivity index (χ3v) is 4.59. The molecule has 23 heavy (non-hydrogen) atoms. The molecule has 1 aromatic carbocycles. The number of ketones is 1. The molecule has 1 N–H and O–H groups in total. The molecule has 1 aliphatic heterocycles. The van der Waals surface area contributed by atoms with Crippen molar-refractivity contribution >= 4 is 11.7 Å². The zero-order valence-corrected chi connectivity index (χ0v) is 14.3. The average molecular weight is 316 g/mol. The molecule has 0 atom stereocenters. The van der Waals surface area contributed by atoms with E-state index in [9.17, 15) is 9.59 Å². The summed E-state index contributed by atoms with van der Waals surface area (Å²) < 4.78 is 0. The summed E-state index contributed by atoms with van der Waals surface area (Å²) in [6, 6.07) is 7.55. The number of hydrogen-bond acceptors (Lipinski definition) is 3. The van der Waals surface area contributed by atoms with Gasteiger partial charge in [0.05, 0.1) is 0 Å². The number of carbonyl (C=O) groups is 2. The topological polar surface area (TPSA) is 49.4 Å². The smallest absolute Gasteiger partial charge is 0.223 e. The SMILES string of the molecule is CCNCC1CCN(C(=O)CCC(=O)c2ccc(C)cc2)CC1. The summed E-state index contributed by atoms with van der Waals surface area (Å²) in [7, 11) is 0. The van der Waals surface area contributed by atoms with Gasteiger partial charge in [0.1, 0.15) is 0 Å². The van der Waals surface area contributed by atoms with Gasteiger partial charge >= 0.3 is 0 Å². The molecule has 0 aliphatic carbocycles. The molecule has 0 unspecified atom stereocenters. The lowest BCUT2D eigenvalue weighted by molar-refractivity contribution is -0.132. The monoisotopic (exact) mass is 316 g/mol. The van der Waals surface area contributed by atoms with Gasteiger partial charge in [-0.3, -0.25) is 9.59 Å². The summed E-state index contributed by atoms with van der Waals surface area (Å²) in [5, 5.41) is 3.38. The number of piperidine rings is 1. The molecule has 4 nitrogen and oxygen atoms in total. The lowest BCUT2D eigenvalue weighted by Crippen LogP contribution is -2.40. The number of aryl methyl sites for hydroxylation is 1. The standard InChI is InChI=1S/C19H28N2O2/c1-3-20-14-16-10-12-21(13-11-16)19(23)9-8-18(22)17-6-4-15(2)5-7-17/h4-7,16,20H,3,8-14H2,1-2H3. The second-order valence-corrected chi connectivity index (χ2v) is 6.42. The fourth-order valence-electron chi connectivity index (χ4n) is 3.00. The minimum atomic E-state index is 0.0559. The van der Waals surface area contributed by atoms with Crippen molar-refractivity contribution < 1.29 is 9.59 Å². The Kier molecular flexibility index (Phi) is 6.78. The van der Waals surface area contributed by atoms with E-state index in [2.05, 4.69) is 12.2 Å². The Morgan fingerprint density at radius 3 is 2.39 bits per heavy atom. The maximum absolute atomic E-state index is 12.3. The molecule has 0 spiro atoms. The van der Waals surface area contributed by atoms with E-state index in [1.54, 1.807) is 0 Å². The number of likely N-dealkylation sites (tertiary alicyclic amines) is 1. The minimum absolute atomic E-state index is 0.0559. The summed E-state index contributed by atoms with van der Waals surface area (Å²) in [4.78, 5) is 26.3. The van der Waals surface area contributed by atoms with Crippen LogP contribution in [0.25, 0.3) is 0 Å². The first-order valence-electron chi connectivity index (χ1n) is 8.68. The van der Waals surface area contributed by atoms with Gasteiger partial charge in [-0.15, -0.1) is 0 Å². The van der Waals surface area contributed by atoms with Crippen LogP contribution in [-0.4, -0.2) is 42.8 Å². The number of nitrogens with zero attached hydrogens (tertiary/aromatic N) is 1. The molecule has 1 fully saturated rings. The summed E-state index contributed by atoms with van der Waals surface area (Å²) in [6.45, 7) is 7.81. The van der Waals surface area contributed by atoms with Crippen LogP contribution in [0.15, 0.2) is 24.3 Å². The lowest BCUT2D eigenvalue weighted by atomic mass is 9.96. The predicted molar refractivity (Wildman–Crippen MR) is 92.6 cm³/mol. The Morgan fingerprint density at radius 2 is 1.78 bits per heavy atom. The molecular formula is C19H28N2O2. The van der Waals surface area contributed by atoms with Crippen LogP contribution in [0.4, 0.5) is 0 Å². The molecule has 0 saturated carbocycles. The van der Waals surface area contributed by atoms with Gasteiger partial charge in [-0.2, -0.15) is 0 Å². The van der Waals surface area contributed by atoms with Gasteiger partial charge in [0.2, 0.25) is 5.91 Å². The Labute approximate surface area is 139 Å². The largest absolute Gasteiger partial charge is 0.343 e. The quantitative estimate of drug-likeness (QED) is 0.787. The van der Waals surface area contributed by atoms with Crippen molar-refractivity contribution in [2.24, 2.45) is 5.92 Å². The van der Waals surface area contributed by atoms with E-state index >= 15 is 0 Å². The van der Waals surface area contributed by atoms with Gasteiger partial charge in [-0.25, -0.2) is 0 Å². The Morgan fingerprint density at radius 1 is 1.13 bits per heavy atom. The summed E-state index contributed by atoms with van der Waals surface area (Å²) in [5.74, 6) is 0.848. The van der Waals surface area contributed by atoms with Crippen molar-refractivity contribution in [3.8, 4) is 0 Å². The third kappa shape index (κ3) is 5.47. The van der Waals surface area contributed by atoms with E-state index in [1.807, 2.05) is 36.1 Å². The Bertz CT molecular complexity index is 517. The highest BCUT2D eigenvalue weighted by Crippen LogP contribution is 2.18. The third-order valence-electron chi connectivity index (χ3n) is 4.59. The highest BCUT2D eigenvalue weighted by molar-refractivity contribution is 5.97.